The Kier molecular flexibility index (Phi) is 2.49. The molecule has 1 unspecified atom stereocenters. The number of hydrazone groups is 1. The van der Waals surface area contributed by atoms with E-state index in [1.807, 2.05) is 13.8 Å². The van der Waals surface area contributed by atoms with Gasteiger partial charge in [-0.25, -0.2) is 0 Å². The first kappa shape index (κ1) is 8.79. The SMILES string of the molecule is CC(C)NN=C1C(=N)N=NC1N. The zero-order valence-electron chi connectivity index (χ0n) is 7.07. The van der Waals surface area contributed by atoms with Gasteiger partial charge >= 0.3 is 0 Å². The van der Waals surface area contributed by atoms with Crippen molar-refractivity contribution in [3.8, 4) is 0 Å². The molecule has 0 aromatic rings. The van der Waals surface area contributed by atoms with Crippen LogP contribution < -0.4 is 11.2 Å². The monoisotopic (exact) mass is 168 g/mol. The molecule has 0 radical (unpaired) electrons. The number of nitrogens with two attached hydrogens (primary N) is 1. The van der Waals surface area contributed by atoms with Gasteiger partial charge < -0.3 is 11.2 Å². The van der Waals surface area contributed by atoms with Gasteiger partial charge in [-0.1, -0.05) is 0 Å². The summed E-state index contributed by atoms with van der Waals surface area (Å²) in [6, 6.07) is 0.220. The normalized spacial score (nSPS) is 25.8. The number of nitrogens with zero attached hydrogens (tertiary/aromatic N) is 3. The van der Waals surface area contributed by atoms with Crippen LogP contribution in [0, 0.1) is 5.41 Å². The van der Waals surface area contributed by atoms with Crippen molar-refractivity contribution in [2.75, 3.05) is 0 Å². The summed E-state index contributed by atoms with van der Waals surface area (Å²) in [5, 5.41) is 18.3. The standard InChI is InChI=1S/C6H12N6/c1-3(2)9-10-4-5(7)11-12-6(4)8/h3,5,8-9H,7H2,1-2H3. The maximum absolute atomic E-state index is 7.27. The Hall–Kier alpha value is -1.30. The molecule has 1 rings (SSSR count). The average Bonchev–Trinajstić information content (AvgIpc) is 2.28. The Balaban J connectivity index is 2.63. The third kappa shape index (κ3) is 1.85. The van der Waals surface area contributed by atoms with E-state index in [9.17, 15) is 0 Å². The molecule has 0 saturated heterocycles. The number of hydrogen-bond donors (Lipinski definition) is 3. The van der Waals surface area contributed by atoms with E-state index in [0.29, 0.717) is 5.71 Å². The maximum Gasteiger partial charge on any atom is 0.194 e. The van der Waals surface area contributed by atoms with Crippen LogP contribution in [0.25, 0.3) is 0 Å². The highest BCUT2D eigenvalue weighted by Crippen LogP contribution is 2.01. The molecular weight excluding hydrogens is 156 g/mol. The van der Waals surface area contributed by atoms with Crippen molar-refractivity contribution >= 4 is 11.5 Å². The van der Waals surface area contributed by atoms with Gasteiger partial charge in [0.05, 0.1) is 0 Å². The Morgan fingerprint density at radius 1 is 1.67 bits per heavy atom. The Bertz CT molecular complexity index is 240. The highest BCUT2D eigenvalue weighted by molar-refractivity contribution is 6.43. The molecule has 6 heteroatoms. The van der Waals surface area contributed by atoms with Crippen LogP contribution in [0.5, 0.6) is 0 Å². The topological polar surface area (TPSA) is 99.0 Å². The molecule has 0 fully saturated rings. The lowest BCUT2D eigenvalue weighted by Gasteiger charge is -2.05. The van der Waals surface area contributed by atoms with Gasteiger partial charge in [-0.3, -0.25) is 5.41 Å². The third-order valence-electron chi connectivity index (χ3n) is 1.25. The summed E-state index contributed by atoms with van der Waals surface area (Å²) in [6.07, 6.45) is -0.580. The fraction of sp³-hybridized carbons (Fsp3) is 0.667. The van der Waals surface area contributed by atoms with Gasteiger partial charge in [0.15, 0.2) is 12.0 Å². The van der Waals surface area contributed by atoms with E-state index in [1.165, 1.54) is 0 Å². The number of nitrogens with one attached hydrogen (secondary N) is 2. The van der Waals surface area contributed by atoms with E-state index in [4.69, 9.17) is 11.1 Å². The van der Waals surface area contributed by atoms with Crippen molar-refractivity contribution < 1.29 is 0 Å². The van der Waals surface area contributed by atoms with Crippen molar-refractivity contribution in [1.29, 1.82) is 5.41 Å². The first-order valence-electron chi connectivity index (χ1n) is 3.69. The van der Waals surface area contributed by atoms with E-state index in [0.717, 1.165) is 0 Å². The van der Waals surface area contributed by atoms with Crippen LogP contribution >= 0.6 is 0 Å². The van der Waals surface area contributed by atoms with Gasteiger partial charge in [0.1, 0.15) is 5.71 Å². The second kappa shape index (κ2) is 3.40. The Labute approximate surface area is 70.4 Å². The van der Waals surface area contributed by atoms with Crippen molar-refractivity contribution in [1.82, 2.24) is 5.43 Å². The number of azo groups is 1. The van der Waals surface area contributed by atoms with E-state index < -0.39 is 6.17 Å². The van der Waals surface area contributed by atoms with Crippen LogP contribution in [0.2, 0.25) is 0 Å². The number of rotatable bonds is 2. The molecule has 0 aromatic heterocycles. The van der Waals surface area contributed by atoms with Crippen molar-refractivity contribution in [3.63, 3.8) is 0 Å². The van der Waals surface area contributed by atoms with Crippen molar-refractivity contribution in [2.24, 2.45) is 21.1 Å². The summed E-state index contributed by atoms with van der Waals surface area (Å²) in [6.45, 7) is 3.89. The fourth-order valence-electron chi connectivity index (χ4n) is 0.684. The lowest BCUT2D eigenvalue weighted by atomic mass is 10.3. The summed E-state index contributed by atoms with van der Waals surface area (Å²) in [5.74, 6) is 0.0376. The number of hydrogen-bond acceptors (Lipinski definition) is 5. The molecular formula is C6H12N6. The highest BCUT2D eigenvalue weighted by Gasteiger charge is 2.21. The summed E-state index contributed by atoms with van der Waals surface area (Å²) >= 11 is 0. The molecule has 0 aliphatic carbocycles. The predicted octanol–water partition coefficient (Wildman–Crippen LogP) is 0.0683. The van der Waals surface area contributed by atoms with Gasteiger partial charge in [-0.2, -0.15) is 10.2 Å². The highest BCUT2D eigenvalue weighted by atomic mass is 15.3. The lowest BCUT2D eigenvalue weighted by molar-refractivity contribution is 0.618. The molecule has 0 spiro atoms. The van der Waals surface area contributed by atoms with Gasteiger partial charge in [0, 0.05) is 6.04 Å². The molecule has 6 nitrogen and oxygen atoms in total. The smallest absolute Gasteiger partial charge is 0.194 e. The van der Waals surface area contributed by atoms with Gasteiger partial charge in [0.2, 0.25) is 0 Å². The molecule has 12 heavy (non-hydrogen) atoms. The van der Waals surface area contributed by atoms with E-state index in [-0.39, 0.29) is 11.9 Å². The first-order chi connectivity index (χ1) is 5.61. The molecule has 1 aliphatic heterocycles. The largest absolute Gasteiger partial charge is 0.307 e. The zero-order valence-corrected chi connectivity index (χ0v) is 7.07. The minimum absolute atomic E-state index is 0.0376. The van der Waals surface area contributed by atoms with Gasteiger partial charge in [-0.05, 0) is 13.8 Å². The van der Waals surface area contributed by atoms with Crippen LogP contribution in [0.3, 0.4) is 0 Å². The average molecular weight is 168 g/mol. The minimum Gasteiger partial charge on any atom is -0.307 e. The molecule has 0 saturated carbocycles. The summed E-state index contributed by atoms with van der Waals surface area (Å²) in [4.78, 5) is 0. The molecule has 1 aliphatic rings. The maximum atomic E-state index is 7.27. The van der Waals surface area contributed by atoms with Crippen LogP contribution in [0.15, 0.2) is 15.3 Å². The van der Waals surface area contributed by atoms with Crippen molar-refractivity contribution in [3.05, 3.63) is 0 Å². The van der Waals surface area contributed by atoms with Crippen LogP contribution in [0.1, 0.15) is 13.8 Å². The van der Waals surface area contributed by atoms with E-state index in [2.05, 4.69) is 20.8 Å². The summed E-state index contributed by atoms with van der Waals surface area (Å²) in [7, 11) is 0. The van der Waals surface area contributed by atoms with E-state index >= 15 is 0 Å². The molecule has 1 atom stereocenters. The zero-order chi connectivity index (χ0) is 9.14. The summed E-state index contributed by atoms with van der Waals surface area (Å²) in [5.41, 5.74) is 8.67. The van der Waals surface area contributed by atoms with Crippen LogP contribution in [0.4, 0.5) is 0 Å². The lowest BCUT2D eigenvalue weighted by Crippen LogP contribution is -2.31. The third-order valence-corrected chi connectivity index (χ3v) is 1.25. The van der Waals surface area contributed by atoms with Crippen molar-refractivity contribution in [2.45, 2.75) is 26.1 Å². The Morgan fingerprint density at radius 2 is 2.33 bits per heavy atom. The van der Waals surface area contributed by atoms with Gasteiger partial charge in [0.25, 0.3) is 0 Å². The molecule has 0 amide bonds. The molecule has 1 heterocycles. The predicted molar refractivity (Wildman–Crippen MR) is 46.3 cm³/mol. The molecule has 4 N–H and O–H groups in total. The number of amidine groups is 1. The molecule has 0 aromatic carbocycles. The second-order valence-electron chi connectivity index (χ2n) is 2.79. The quantitative estimate of drug-likeness (QED) is 0.508. The van der Waals surface area contributed by atoms with Gasteiger partial charge in [-0.15, -0.1) is 5.11 Å². The minimum atomic E-state index is -0.580. The van der Waals surface area contributed by atoms with E-state index in [1.54, 1.807) is 0 Å². The van der Waals surface area contributed by atoms with Crippen LogP contribution in [-0.2, 0) is 0 Å². The Morgan fingerprint density at radius 3 is 2.75 bits per heavy atom. The molecule has 66 valence electrons. The van der Waals surface area contributed by atoms with Crippen LogP contribution in [-0.4, -0.2) is 23.8 Å². The first-order valence-corrected chi connectivity index (χ1v) is 3.69. The summed E-state index contributed by atoms with van der Waals surface area (Å²) < 4.78 is 0. The fourth-order valence-corrected chi connectivity index (χ4v) is 0.684. The second-order valence-corrected chi connectivity index (χ2v) is 2.79. The molecule has 0 bridgehead atoms.